The Morgan fingerprint density at radius 3 is 1.67 bits per heavy atom. The minimum atomic E-state index is -0.246. The second-order valence-corrected chi connectivity index (χ2v) is 14.2. The molecule has 7 heteroatoms. The van der Waals surface area contributed by atoms with E-state index in [9.17, 15) is 0 Å². The van der Waals surface area contributed by atoms with E-state index in [1.54, 1.807) is 0 Å². The highest BCUT2D eigenvalue weighted by Gasteiger charge is 2.29. The first-order valence-corrected chi connectivity index (χ1v) is 16.7. The van der Waals surface area contributed by atoms with E-state index in [0.717, 1.165) is 56.0 Å². The molecule has 2 aliphatic heterocycles. The zero-order valence-corrected chi connectivity index (χ0v) is 27.9. The number of fused-ring (bicyclic) bond motifs is 5. The van der Waals surface area contributed by atoms with E-state index < -0.39 is 0 Å². The van der Waals surface area contributed by atoms with Gasteiger partial charge in [0, 0.05) is 33.0 Å². The molecule has 0 saturated heterocycles. The smallest absolute Gasteiger partial charge is 0.236 e. The maximum atomic E-state index is 5.91. The van der Waals surface area contributed by atoms with E-state index in [2.05, 4.69) is 111 Å². The van der Waals surface area contributed by atoms with Gasteiger partial charge >= 0.3 is 0 Å². The molecule has 9 rings (SSSR count). The van der Waals surface area contributed by atoms with E-state index in [4.69, 9.17) is 29.4 Å². The van der Waals surface area contributed by atoms with E-state index >= 15 is 0 Å². The second kappa shape index (κ2) is 10.9. The highest BCUT2D eigenvalue weighted by molar-refractivity contribution is 6.19. The van der Waals surface area contributed by atoms with E-state index in [1.165, 1.54) is 16.2 Å². The monoisotopic (exact) mass is 641 g/mol. The van der Waals surface area contributed by atoms with Gasteiger partial charge in [-0.3, -0.25) is 0 Å². The molecule has 2 aliphatic rings. The van der Waals surface area contributed by atoms with Gasteiger partial charge in [0.2, 0.25) is 11.8 Å². The summed E-state index contributed by atoms with van der Waals surface area (Å²) in [6, 6.07) is 40.3. The molecule has 3 aromatic heterocycles. The van der Waals surface area contributed by atoms with Crippen LogP contribution in [0.4, 0.5) is 0 Å². The summed E-state index contributed by atoms with van der Waals surface area (Å²) in [6.07, 6.45) is 0. The van der Waals surface area contributed by atoms with Gasteiger partial charge < -0.3 is 14.0 Å². The number of aliphatic imine (C=N–C) groups is 2. The van der Waals surface area contributed by atoms with Gasteiger partial charge in [-0.25, -0.2) is 20.0 Å². The number of rotatable bonds is 5. The highest BCUT2D eigenvalue weighted by Crippen LogP contribution is 2.39. The summed E-state index contributed by atoms with van der Waals surface area (Å²) in [5, 5.41) is 4.69. The van der Waals surface area contributed by atoms with Crippen molar-refractivity contribution >= 4 is 44.4 Å². The van der Waals surface area contributed by atoms with Crippen molar-refractivity contribution in [3.05, 3.63) is 127 Å². The molecule has 4 aromatic carbocycles. The van der Waals surface area contributed by atoms with Crippen LogP contribution in [0.25, 0.3) is 60.8 Å². The first-order valence-electron chi connectivity index (χ1n) is 16.7. The number of hydrogen-bond acceptors (Lipinski definition) is 6. The molecule has 0 atom stereocenters. The molecular formula is C42H35N5O2. The van der Waals surface area contributed by atoms with E-state index in [-0.39, 0.29) is 11.1 Å². The molecular weight excluding hydrogens is 606 g/mol. The van der Waals surface area contributed by atoms with Gasteiger partial charge in [0.25, 0.3) is 0 Å². The average Bonchev–Trinajstić information content (AvgIpc) is 3.79. The first-order chi connectivity index (χ1) is 23.7. The van der Waals surface area contributed by atoms with Gasteiger partial charge in [-0.05, 0) is 81.6 Å². The Kier molecular flexibility index (Phi) is 6.50. The highest BCUT2D eigenvalue weighted by atomic mass is 16.5. The molecule has 49 heavy (non-hydrogen) atoms. The van der Waals surface area contributed by atoms with Crippen LogP contribution in [0.5, 0.6) is 0 Å². The van der Waals surface area contributed by atoms with Gasteiger partial charge in [-0.2, -0.15) is 0 Å². The first kappa shape index (κ1) is 29.3. The Balaban J connectivity index is 1.19. The topological polar surface area (TPSA) is 73.9 Å². The minimum Gasteiger partial charge on any atom is -0.474 e. The van der Waals surface area contributed by atoms with Crippen molar-refractivity contribution in [2.75, 3.05) is 13.2 Å². The Morgan fingerprint density at radius 1 is 0.531 bits per heavy atom. The fraction of sp³-hybridized carbons (Fsp3) is 0.190. The van der Waals surface area contributed by atoms with Crippen molar-refractivity contribution in [1.82, 2.24) is 14.5 Å². The van der Waals surface area contributed by atoms with Crippen LogP contribution in [0.1, 0.15) is 39.1 Å². The lowest BCUT2D eigenvalue weighted by Crippen LogP contribution is -2.17. The van der Waals surface area contributed by atoms with Crippen molar-refractivity contribution in [3.63, 3.8) is 0 Å². The molecule has 0 radical (unpaired) electrons. The third kappa shape index (κ3) is 5.13. The summed E-state index contributed by atoms with van der Waals surface area (Å²) >= 11 is 0. The van der Waals surface area contributed by atoms with Crippen LogP contribution in [0, 0.1) is 0 Å². The van der Waals surface area contributed by atoms with Crippen molar-refractivity contribution in [1.29, 1.82) is 0 Å². The lowest BCUT2D eigenvalue weighted by molar-refractivity contribution is 0.279. The van der Waals surface area contributed by atoms with Crippen molar-refractivity contribution in [2.45, 2.75) is 38.8 Å². The molecule has 0 aliphatic carbocycles. The van der Waals surface area contributed by atoms with Crippen molar-refractivity contribution < 1.29 is 9.47 Å². The number of hydrogen-bond donors (Lipinski definition) is 0. The SMILES string of the molecule is CC1(C)COC(c2cccc(-c3ccc4c(ccc5c6ccc(-c7cccc(C8=NC(C)(C)CO8)n7)cc6n(-c6ccccc6)c45)c3)n2)=N1. The zero-order valence-electron chi connectivity index (χ0n) is 27.9. The van der Waals surface area contributed by atoms with Crippen LogP contribution in [0.2, 0.25) is 0 Å². The van der Waals surface area contributed by atoms with Crippen LogP contribution in [-0.4, -0.2) is 50.6 Å². The number of benzene rings is 4. The van der Waals surface area contributed by atoms with Gasteiger partial charge in [0.1, 0.15) is 24.6 Å². The molecule has 0 bridgehead atoms. The lowest BCUT2D eigenvalue weighted by Gasteiger charge is -2.11. The van der Waals surface area contributed by atoms with Gasteiger partial charge in [0.15, 0.2) is 0 Å². The van der Waals surface area contributed by atoms with Crippen molar-refractivity contribution in [3.8, 4) is 28.2 Å². The Bertz CT molecular complexity index is 2510. The summed E-state index contributed by atoms with van der Waals surface area (Å²) < 4.78 is 14.2. The third-order valence-corrected chi connectivity index (χ3v) is 9.22. The molecule has 0 saturated carbocycles. The maximum Gasteiger partial charge on any atom is 0.236 e. The zero-order chi connectivity index (χ0) is 33.3. The molecule has 0 amide bonds. The lowest BCUT2D eigenvalue weighted by atomic mass is 10.0. The normalized spacial score (nSPS) is 16.5. The third-order valence-electron chi connectivity index (χ3n) is 9.22. The minimum absolute atomic E-state index is 0.239. The van der Waals surface area contributed by atoms with E-state index in [0.29, 0.717) is 25.0 Å². The van der Waals surface area contributed by atoms with Crippen LogP contribution in [0.15, 0.2) is 125 Å². The Labute approximate surface area is 284 Å². The standard InChI is InChI=1S/C42H35N5O2/c1-41(2)24-48-39(45-41)35-14-8-12-33(43-35)27-17-19-30-26(22-27)16-21-32-31-20-18-28(23-37(31)47(38(30)32)29-10-6-5-7-11-29)34-13-9-15-36(44-34)40-46-42(3,4)25-49-40/h5-23H,24-25H2,1-4H3. The molecule has 240 valence electrons. The second-order valence-electron chi connectivity index (χ2n) is 14.2. The van der Waals surface area contributed by atoms with Crippen LogP contribution >= 0.6 is 0 Å². The number of pyridine rings is 2. The molecule has 0 spiro atoms. The van der Waals surface area contributed by atoms with Crippen LogP contribution < -0.4 is 0 Å². The Hall–Kier alpha value is -5.82. The van der Waals surface area contributed by atoms with Crippen molar-refractivity contribution in [2.24, 2.45) is 9.98 Å². The largest absolute Gasteiger partial charge is 0.474 e. The molecule has 7 nitrogen and oxygen atoms in total. The summed E-state index contributed by atoms with van der Waals surface area (Å²) in [5.41, 5.74) is 8.24. The molecule has 0 unspecified atom stereocenters. The fourth-order valence-corrected chi connectivity index (χ4v) is 6.86. The van der Waals surface area contributed by atoms with Gasteiger partial charge in [0.05, 0.1) is 33.5 Å². The van der Waals surface area contributed by atoms with Crippen LogP contribution in [-0.2, 0) is 9.47 Å². The predicted molar refractivity (Wildman–Crippen MR) is 198 cm³/mol. The van der Waals surface area contributed by atoms with Gasteiger partial charge in [-0.15, -0.1) is 0 Å². The number of aromatic nitrogens is 3. The summed E-state index contributed by atoms with van der Waals surface area (Å²) in [4.78, 5) is 19.4. The molecule has 0 fully saturated rings. The molecule has 0 N–H and O–H groups in total. The van der Waals surface area contributed by atoms with Gasteiger partial charge in [-0.1, -0.05) is 66.7 Å². The number of nitrogens with zero attached hydrogens (tertiary/aromatic N) is 5. The summed E-state index contributed by atoms with van der Waals surface area (Å²) in [5.74, 6) is 1.20. The summed E-state index contributed by atoms with van der Waals surface area (Å²) in [7, 11) is 0. The maximum absolute atomic E-state index is 5.91. The number of para-hydroxylation sites is 1. The average molecular weight is 642 g/mol. The van der Waals surface area contributed by atoms with E-state index in [1.807, 2.05) is 36.4 Å². The molecule has 7 aromatic rings. The van der Waals surface area contributed by atoms with Crippen LogP contribution in [0.3, 0.4) is 0 Å². The molecule has 5 heterocycles. The predicted octanol–water partition coefficient (Wildman–Crippen LogP) is 9.17. The summed E-state index contributed by atoms with van der Waals surface area (Å²) in [6.45, 7) is 9.40. The fourth-order valence-electron chi connectivity index (χ4n) is 6.86. The number of ether oxygens (including phenoxy) is 2. The Morgan fingerprint density at radius 2 is 1.08 bits per heavy atom. The quantitative estimate of drug-likeness (QED) is 0.188.